The molecule has 1 fully saturated rings. The molecule has 0 saturated carbocycles. The van der Waals surface area contributed by atoms with Gasteiger partial charge in [-0.3, -0.25) is 9.00 Å². The zero-order chi connectivity index (χ0) is 12.6. The van der Waals surface area contributed by atoms with Crippen molar-refractivity contribution in [3.8, 4) is 0 Å². The maximum Gasteiger partial charge on any atom is 0.328 e. The van der Waals surface area contributed by atoms with E-state index in [0.29, 0.717) is 4.90 Å². The third-order valence-corrected chi connectivity index (χ3v) is 4.93. The fourth-order valence-corrected chi connectivity index (χ4v) is 3.40. The highest BCUT2D eigenvalue weighted by Crippen LogP contribution is 2.34. The van der Waals surface area contributed by atoms with Gasteiger partial charge >= 0.3 is 5.97 Å². The number of hydrogen-bond acceptors (Lipinski definition) is 4. The van der Waals surface area contributed by atoms with Crippen LogP contribution >= 0.6 is 0 Å². The van der Waals surface area contributed by atoms with E-state index in [2.05, 4.69) is 0 Å². The fourth-order valence-electron chi connectivity index (χ4n) is 1.89. The summed E-state index contributed by atoms with van der Waals surface area (Å²) < 4.78 is 15.9. The Balaban J connectivity index is 2.40. The summed E-state index contributed by atoms with van der Waals surface area (Å²) in [7, 11) is -1.63. The SMILES string of the molecule is C[C@@H]1OC(=O)[C@](C)([S@](=O)c2ccccc2)[C@@H]1O. The number of ether oxygens (including phenoxy) is 1. The molecule has 0 aromatic heterocycles. The molecule has 1 heterocycles. The van der Waals surface area contributed by atoms with Gasteiger partial charge in [0.05, 0.1) is 10.8 Å². The van der Waals surface area contributed by atoms with Crippen molar-refractivity contribution < 1.29 is 18.8 Å². The van der Waals surface area contributed by atoms with E-state index in [0.717, 1.165) is 0 Å². The minimum Gasteiger partial charge on any atom is -0.459 e. The summed E-state index contributed by atoms with van der Waals surface area (Å²) in [5.74, 6) is -0.611. The average Bonchev–Trinajstić information content (AvgIpc) is 2.54. The van der Waals surface area contributed by atoms with Crippen LogP contribution in [0.5, 0.6) is 0 Å². The molecule has 2 rings (SSSR count). The molecule has 0 amide bonds. The summed E-state index contributed by atoms with van der Waals surface area (Å²) in [4.78, 5) is 12.3. The Morgan fingerprint density at radius 1 is 1.35 bits per heavy atom. The van der Waals surface area contributed by atoms with E-state index < -0.39 is 33.7 Å². The number of carbonyl (C=O) groups is 1. The van der Waals surface area contributed by atoms with Gasteiger partial charge in [0.1, 0.15) is 12.2 Å². The van der Waals surface area contributed by atoms with E-state index in [1.54, 1.807) is 37.3 Å². The lowest BCUT2D eigenvalue weighted by Gasteiger charge is -2.22. The van der Waals surface area contributed by atoms with Gasteiger partial charge in [-0.25, -0.2) is 0 Å². The molecule has 5 heteroatoms. The third-order valence-electron chi connectivity index (χ3n) is 3.05. The zero-order valence-electron chi connectivity index (χ0n) is 9.62. The van der Waals surface area contributed by atoms with Crippen LogP contribution in [0.3, 0.4) is 0 Å². The number of benzene rings is 1. The van der Waals surface area contributed by atoms with Crippen molar-refractivity contribution in [2.45, 2.75) is 35.7 Å². The molecule has 0 spiro atoms. The van der Waals surface area contributed by atoms with E-state index in [4.69, 9.17) is 4.74 Å². The number of hydrogen-bond donors (Lipinski definition) is 1. The first-order valence-corrected chi connectivity index (χ1v) is 6.49. The van der Waals surface area contributed by atoms with Gasteiger partial charge in [0.25, 0.3) is 0 Å². The van der Waals surface area contributed by atoms with Crippen molar-refractivity contribution in [3.05, 3.63) is 30.3 Å². The highest BCUT2D eigenvalue weighted by molar-refractivity contribution is 7.87. The molecule has 0 bridgehead atoms. The topological polar surface area (TPSA) is 63.6 Å². The van der Waals surface area contributed by atoms with Gasteiger partial charge in [-0.2, -0.15) is 0 Å². The summed E-state index contributed by atoms with van der Waals surface area (Å²) in [6.45, 7) is 3.07. The van der Waals surface area contributed by atoms with Crippen LogP contribution in [0.15, 0.2) is 35.2 Å². The van der Waals surface area contributed by atoms with Crippen LogP contribution in [0.2, 0.25) is 0 Å². The summed E-state index contributed by atoms with van der Waals surface area (Å²) in [5.41, 5.74) is 0. The first-order valence-electron chi connectivity index (χ1n) is 5.34. The Labute approximate surface area is 102 Å². The van der Waals surface area contributed by atoms with Gasteiger partial charge in [0.2, 0.25) is 0 Å². The van der Waals surface area contributed by atoms with Crippen molar-refractivity contribution in [1.82, 2.24) is 0 Å². The third kappa shape index (κ3) is 1.79. The first-order chi connectivity index (χ1) is 7.98. The number of aliphatic hydroxyl groups is 1. The Morgan fingerprint density at radius 2 is 1.94 bits per heavy atom. The highest BCUT2D eigenvalue weighted by atomic mass is 32.2. The van der Waals surface area contributed by atoms with Crippen LogP contribution in [-0.2, 0) is 20.3 Å². The van der Waals surface area contributed by atoms with Crippen LogP contribution in [0.25, 0.3) is 0 Å². The number of rotatable bonds is 2. The van der Waals surface area contributed by atoms with Crippen LogP contribution < -0.4 is 0 Å². The maximum atomic E-state index is 12.4. The van der Waals surface area contributed by atoms with Crippen molar-refractivity contribution >= 4 is 16.8 Å². The lowest BCUT2D eigenvalue weighted by molar-refractivity contribution is -0.142. The molecule has 1 saturated heterocycles. The second-order valence-corrected chi connectivity index (χ2v) is 6.10. The highest BCUT2D eigenvalue weighted by Gasteiger charge is 2.56. The average molecular weight is 254 g/mol. The molecule has 4 atom stereocenters. The lowest BCUT2D eigenvalue weighted by atomic mass is 10.0. The molecule has 1 aromatic carbocycles. The zero-order valence-corrected chi connectivity index (χ0v) is 10.4. The van der Waals surface area contributed by atoms with Gasteiger partial charge in [-0.15, -0.1) is 0 Å². The predicted molar refractivity (Wildman–Crippen MR) is 62.8 cm³/mol. The van der Waals surface area contributed by atoms with Crippen molar-refractivity contribution in [3.63, 3.8) is 0 Å². The van der Waals surface area contributed by atoms with E-state index >= 15 is 0 Å². The minimum atomic E-state index is -1.63. The lowest BCUT2D eigenvalue weighted by Crippen LogP contribution is -2.46. The molecule has 0 radical (unpaired) electrons. The summed E-state index contributed by atoms with van der Waals surface area (Å²) >= 11 is 0. The van der Waals surface area contributed by atoms with E-state index in [9.17, 15) is 14.1 Å². The predicted octanol–water partition coefficient (Wildman–Crippen LogP) is 0.859. The Morgan fingerprint density at radius 3 is 2.41 bits per heavy atom. The monoisotopic (exact) mass is 254 g/mol. The summed E-state index contributed by atoms with van der Waals surface area (Å²) in [5, 5.41) is 9.98. The van der Waals surface area contributed by atoms with E-state index in [1.807, 2.05) is 0 Å². The smallest absolute Gasteiger partial charge is 0.328 e. The van der Waals surface area contributed by atoms with Crippen molar-refractivity contribution in [2.75, 3.05) is 0 Å². The molecule has 92 valence electrons. The fraction of sp³-hybridized carbons (Fsp3) is 0.417. The largest absolute Gasteiger partial charge is 0.459 e. The molecule has 0 aliphatic carbocycles. The normalized spacial score (nSPS) is 34.4. The van der Waals surface area contributed by atoms with E-state index in [-0.39, 0.29) is 0 Å². The summed E-state index contributed by atoms with van der Waals surface area (Å²) in [6.07, 6.45) is -1.68. The molecule has 17 heavy (non-hydrogen) atoms. The maximum absolute atomic E-state index is 12.4. The molecule has 0 unspecified atom stereocenters. The Hall–Kier alpha value is -1.20. The number of cyclic esters (lactones) is 1. The first kappa shape index (κ1) is 12.3. The van der Waals surface area contributed by atoms with Gasteiger partial charge in [-0.05, 0) is 26.0 Å². The van der Waals surface area contributed by atoms with Crippen molar-refractivity contribution in [2.24, 2.45) is 0 Å². The van der Waals surface area contributed by atoms with Gasteiger partial charge in [0.15, 0.2) is 4.75 Å². The molecular weight excluding hydrogens is 240 g/mol. The van der Waals surface area contributed by atoms with Gasteiger partial charge < -0.3 is 9.84 Å². The van der Waals surface area contributed by atoms with E-state index in [1.165, 1.54) is 6.92 Å². The second-order valence-electron chi connectivity index (χ2n) is 4.24. The molecule has 1 N–H and O–H groups in total. The quantitative estimate of drug-likeness (QED) is 0.795. The van der Waals surface area contributed by atoms with Gasteiger partial charge in [0, 0.05) is 4.90 Å². The van der Waals surface area contributed by atoms with Crippen molar-refractivity contribution in [1.29, 1.82) is 0 Å². The molecule has 4 nitrogen and oxygen atoms in total. The second kappa shape index (κ2) is 4.23. The standard InChI is InChI=1S/C12H14O4S/c1-8-10(13)12(2,11(14)16-8)17(15)9-6-4-3-5-7-9/h3-8,10,13H,1-2H3/t8-,10+,12+,17+/m0/s1. The molecule has 1 aliphatic rings. The van der Waals surface area contributed by atoms with Crippen LogP contribution in [0.4, 0.5) is 0 Å². The number of aliphatic hydroxyl groups excluding tert-OH is 1. The number of esters is 1. The Bertz CT molecular complexity index is 459. The summed E-state index contributed by atoms with van der Waals surface area (Å²) in [6, 6.07) is 8.63. The minimum absolute atomic E-state index is 0.514. The van der Waals surface area contributed by atoms with Crippen LogP contribution in [0.1, 0.15) is 13.8 Å². The molecule has 1 aliphatic heterocycles. The van der Waals surface area contributed by atoms with Crippen LogP contribution in [-0.4, -0.2) is 32.2 Å². The molecular formula is C12H14O4S. The van der Waals surface area contributed by atoms with Crippen LogP contribution in [0, 0.1) is 0 Å². The number of carbonyl (C=O) groups excluding carboxylic acids is 1. The van der Waals surface area contributed by atoms with Gasteiger partial charge in [-0.1, -0.05) is 18.2 Å². The Kier molecular flexibility index (Phi) is 3.05. The molecule has 1 aromatic rings.